The van der Waals surface area contributed by atoms with E-state index in [0.29, 0.717) is 12.2 Å². The summed E-state index contributed by atoms with van der Waals surface area (Å²) >= 11 is 1.62. The maximum Gasteiger partial charge on any atom is 0.274 e. The van der Waals surface area contributed by atoms with Gasteiger partial charge in [0.2, 0.25) is 0 Å². The van der Waals surface area contributed by atoms with Crippen molar-refractivity contribution in [2.75, 3.05) is 13.1 Å². The number of H-pyrrole nitrogens is 1. The third-order valence-corrected chi connectivity index (χ3v) is 4.00. The van der Waals surface area contributed by atoms with Gasteiger partial charge in [-0.15, -0.1) is 23.7 Å². The number of rotatable bonds is 2. The molecule has 0 aliphatic carbocycles. The highest BCUT2D eigenvalue weighted by molar-refractivity contribution is 7.13. The van der Waals surface area contributed by atoms with Gasteiger partial charge in [0.1, 0.15) is 0 Å². The largest absolute Gasteiger partial charge is 0.336 e. The minimum absolute atomic E-state index is 0. The topological polar surface area (TPSA) is 75.0 Å². The Kier molecular flexibility index (Phi) is 4.24. The van der Waals surface area contributed by atoms with Crippen molar-refractivity contribution in [2.24, 2.45) is 5.73 Å². The van der Waals surface area contributed by atoms with Crippen LogP contribution in [0.25, 0.3) is 10.6 Å². The van der Waals surface area contributed by atoms with Crippen molar-refractivity contribution in [1.29, 1.82) is 0 Å². The van der Waals surface area contributed by atoms with E-state index in [9.17, 15) is 4.79 Å². The van der Waals surface area contributed by atoms with Gasteiger partial charge >= 0.3 is 0 Å². The SMILES string of the molecule is Cl.N[C@@H]1CCN(C(=O)c2cc(-c3cccs3)[nH]n2)C1. The van der Waals surface area contributed by atoms with Gasteiger partial charge < -0.3 is 10.6 Å². The zero-order valence-corrected chi connectivity index (χ0v) is 11.8. The van der Waals surface area contributed by atoms with Gasteiger partial charge in [0.15, 0.2) is 5.69 Å². The minimum atomic E-state index is -0.0398. The molecule has 1 aliphatic rings. The van der Waals surface area contributed by atoms with Crippen LogP contribution in [0, 0.1) is 0 Å². The third-order valence-electron chi connectivity index (χ3n) is 3.10. The molecule has 7 heteroatoms. The van der Waals surface area contributed by atoms with Crippen LogP contribution in [0.2, 0.25) is 0 Å². The fourth-order valence-electron chi connectivity index (χ4n) is 2.12. The molecule has 1 saturated heterocycles. The van der Waals surface area contributed by atoms with Gasteiger partial charge in [-0.2, -0.15) is 5.10 Å². The Morgan fingerprint density at radius 2 is 2.42 bits per heavy atom. The van der Waals surface area contributed by atoms with Crippen LogP contribution in [-0.2, 0) is 0 Å². The quantitative estimate of drug-likeness (QED) is 0.886. The molecule has 2 aromatic heterocycles. The first-order chi connectivity index (χ1) is 8.74. The number of likely N-dealkylation sites (tertiary alicyclic amines) is 1. The molecule has 5 nitrogen and oxygen atoms in total. The summed E-state index contributed by atoms with van der Waals surface area (Å²) in [5, 5.41) is 8.99. The first-order valence-electron chi connectivity index (χ1n) is 5.88. The Morgan fingerprint density at radius 1 is 1.58 bits per heavy atom. The monoisotopic (exact) mass is 298 g/mol. The van der Waals surface area contributed by atoms with Gasteiger partial charge in [-0.1, -0.05) is 6.07 Å². The average molecular weight is 299 g/mol. The third kappa shape index (κ3) is 2.80. The molecule has 102 valence electrons. The van der Waals surface area contributed by atoms with Crippen LogP contribution >= 0.6 is 23.7 Å². The molecule has 0 saturated carbocycles. The molecule has 1 aliphatic heterocycles. The molecule has 1 amide bonds. The van der Waals surface area contributed by atoms with Crippen LogP contribution in [0.3, 0.4) is 0 Å². The first-order valence-corrected chi connectivity index (χ1v) is 6.76. The number of halogens is 1. The molecule has 0 spiro atoms. The van der Waals surface area contributed by atoms with Gasteiger partial charge in [0, 0.05) is 19.1 Å². The lowest BCUT2D eigenvalue weighted by Gasteiger charge is -2.13. The predicted octanol–water partition coefficient (Wildman–Crippen LogP) is 1.73. The standard InChI is InChI=1S/C12H14N4OS.ClH/c13-8-3-4-16(7-8)12(17)10-6-9(14-15-10)11-2-1-5-18-11;/h1-2,5-6,8H,3-4,7,13H2,(H,14,15);1H/t8-;/m1./s1. The van der Waals surface area contributed by atoms with E-state index >= 15 is 0 Å². The number of hydrogen-bond donors (Lipinski definition) is 2. The van der Waals surface area contributed by atoms with Crippen LogP contribution in [0.4, 0.5) is 0 Å². The van der Waals surface area contributed by atoms with Crippen molar-refractivity contribution in [3.05, 3.63) is 29.3 Å². The number of nitrogens with two attached hydrogens (primary N) is 1. The summed E-state index contributed by atoms with van der Waals surface area (Å²) in [5.41, 5.74) is 7.15. The number of carbonyl (C=O) groups is 1. The number of carbonyl (C=O) groups excluding carboxylic acids is 1. The van der Waals surface area contributed by atoms with Crippen molar-refractivity contribution in [3.63, 3.8) is 0 Å². The van der Waals surface area contributed by atoms with Crippen LogP contribution in [0.15, 0.2) is 23.6 Å². The Bertz CT molecular complexity index is 554. The maximum atomic E-state index is 12.2. The van der Waals surface area contributed by atoms with Gasteiger partial charge in [-0.05, 0) is 23.9 Å². The number of thiophene rings is 1. The van der Waals surface area contributed by atoms with Crippen molar-refractivity contribution in [1.82, 2.24) is 15.1 Å². The molecule has 1 fully saturated rings. The number of nitrogens with one attached hydrogen (secondary N) is 1. The molecule has 0 radical (unpaired) electrons. The lowest BCUT2D eigenvalue weighted by Crippen LogP contribution is -2.32. The van der Waals surface area contributed by atoms with Gasteiger partial charge in [0.25, 0.3) is 5.91 Å². The number of nitrogens with zero attached hydrogens (tertiary/aromatic N) is 2. The Hall–Kier alpha value is -1.37. The van der Waals surface area contributed by atoms with E-state index in [2.05, 4.69) is 10.2 Å². The van der Waals surface area contributed by atoms with Gasteiger partial charge in [-0.25, -0.2) is 0 Å². The van der Waals surface area contributed by atoms with Crippen LogP contribution in [-0.4, -0.2) is 40.1 Å². The summed E-state index contributed by atoms with van der Waals surface area (Å²) in [6.07, 6.45) is 0.869. The molecule has 2 aromatic rings. The van der Waals surface area contributed by atoms with Crippen molar-refractivity contribution in [2.45, 2.75) is 12.5 Å². The number of amides is 1. The maximum absolute atomic E-state index is 12.2. The molecule has 1 atom stereocenters. The first kappa shape index (κ1) is 14.0. The van der Waals surface area contributed by atoms with Gasteiger partial charge in [-0.3, -0.25) is 9.89 Å². The summed E-state index contributed by atoms with van der Waals surface area (Å²) in [6, 6.07) is 5.88. The van der Waals surface area contributed by atoms with E-state index in [-0.39, 0.29) is 24.4 Å². The number of aromatic nitrogens is 2. The van der Waals surface area contributed by atoms with E-state index in [0.717, 1.165) is 23.5 Å². The smallest absolute Gasteiger partial charge is 0.274 e. The fraction of sp³-hybridized carbons (Fsp3) is 0.333. The summed E-state index contributed by atoms with van der Waals surface area (Å²) in [6.45, 7) is 1.35. The highest BCUT2D eigenvalue weighted by Crippen LogP contribution is 2.23. The molecular weight excluding hydrogens is 284 g/mol. The molecule has 19 heavy (non-hydrogen) atoms. The highest BCUT2D eigenvalue weighted by Gasteiger charge is 2.26. The zero-order valence-electron chi connectivity index (χ0n) is 10.2. The number of aromatic amines is 1. The van der Waals surface area contributed by atoms with Crippen LogP contribution in [0.5, 0.6) is 0 Å². The normalized spacial score (nSPS) is 18.4. The lowest BCUT2D eigenvalue weighted by atomic mass is 10.3. The summed E-state index contributed by atoms with van der Waals surface area (Å²) in [5.74, 6) is -0.0398. The summed E-state index contributed by atoms with van der Waals surface area (Å²) in [7, 11) is 0. The van der Waals surface area contributed by atoms with E-state index in [1.54, 1.807) is 22.3 Å². The molecule has 0 unspecified atom stereocenters. The van der Waals surface area contributed by atoms with E-state index in [4.69, 9.17) is 5.73 Å². The second-order valence-corrected chi connectivity index (χ2v) is 5.39. The van der Waals surface area contributed by atoms with Crippen molar-refractivity contribution in [3.8, 4) is 10.6 Å². The molecule has 3 rings (SSSR count). The lowest BCUT2D eigenvalue weighted by molar-refractivity contribution is 0.0785. The van der Waals surface area contributed by atoms with Crippen LogP contribution in [0.1, 0.15) is 16.9 Å². The van der Waals surface area contributed by atoms with E-state index < -0.39 is 0 Å². The second kappa shape index (κ2) is 5.73. The van der Waals surface area contributed by atoms with Crippen LogP contribution < -0.4 is 5.73 Å². The molecule has 0 bridgehead atoms. The average Bonchev–Trinajstić information content (AvgIpc) is 3.09. The second-order valence-electron chi connectivity index (χ2n) is 4.44. The summed E-state index contributed by atoms with van der Waals surface area (Å²) < 4.78 is 0. The number of hydrogen-bond acceptors (Lipinski definition) is 4. The molecular formula is C12H15ClN4OS. The highest BCUT2D eigenvalue weighted by atomic mass is 35.5. The molecule has 0 aromatic carbocycles. The van der Waals surface area contributed by atoms with Crippen molar-refractivity contribution >= 4 is 29.7 Å². The fourth-order valence-corrected chi connectivity index (χ4v) is 2.82. The minimum Gasteiger partial charge on any atom is -0.336 e. The zero-order chi connectivity index (χ0) is 12.5. The Morgan fingerprint density at radius 3 is 3.05 bits per heavy atom. The molecule has 3 N–H and O–H groups in total. The Labute approximate surface area is 121 Å². The molecule has 3 heterocycles. The van der Waals surface area contributed by atoms with Gasteiger partial charge in [0.05, 0.1) is 10.6 Å². The van der Waals surface area contributed by atoms with E-state index in [1.807, 2.05) is 17.5 Å². The van der Waals surface area contributed by atoms with E-state index in [1.165, 1.54) is 0 Å². The predicted molar refractivity (Wildman–Crippen MR) is 77.6 cm³/mol. The van der Waals surface area contributed by atoms with Crippen molar-refractivity contribution < 1.29 is 4.79 Å². The Balaban J connectivity index is 0.00000133. The summed E-state index contributed by atoms with van der Waals surface area (Å²) in [4.78, 5) is 15.0.